The quantitative estimate of drug-likeness (QED) is 0.624. The Kier molecular flexibility index (Phi) is 4.93. The number of unbranched alkanes of at least 4 members (excludes halogenated alkanes) is 1. The third kappa shape index (κ3) is 3.82. The maximum Gasteiger partial charge on any atom is 0.305 e. The van der Waals surface area contributed by atoms with E-state index in [4.69, 9.17) is 9.47 Å². The minimum Gasteiger partial charge on any atom is -0.494 e. The number of pyridine rings is 1. The van der Waals surface area contributed by atoms with Gasteiger partial charge in [-0.3, -0.25) is 9.59 Å². The van der Waals surface area contributed by atoms with Crippen LogP contribution in [0.3, 0.4) is 0 Å². The van der Waals surface area contributed by atoms with E-state index in [9.17, 15) is 9.59 Å². The number of fused-ring (bicyclic) bond motifs is 2. The lowest BCUT2D eigenvalue weighted by Crippen LogP contribution is -2.05. The second kappa shape index (κ2) is 7.29. The lowest BCUT2D eigenvalue weighted by atomic mass is 10.1. The van der Waals surface area contributed by atoms with Crippen LogP contribution in [0.1, 0.15) is 31.7 Å². The first-order valence-electron chi connectivity index (χ1n) is 8.17. The molecular formula is C18H20N2O4. The average molecular weight is 328 g/mol. The molecule has 0 spiro atoms. The summed E-state index contributed by atoms with van der Waals surface area (Å²) in [6.45, 7) is 2.77. The van der Waals surface area contributed by atoms with Gasteiger partial charge in [0.2, 0.25) is 5.91 Å². The number of carbonyl (C=O) groups is 2. The summed E-state index contributed by atoms with van der Waals surface area (Å²) in [5.41, 5.74) is 1.74. The lowest BCUT2D eigenvalue weighted by molar-refractivity contribution is -0.143. The van der Waals surface area contributed by atoms with E-state index < -0.39 is 0 Å². The van der Waals surface area contributed by atoms with E-state index in [2.05, 4.69) is 10.3 Å². The Balaban J connectivity index is 1.55. The van der Waals surface area contributed by atoms with Crippen LogP contribution in [-0.2, 0) is 20.7 Å². The fourth-order valence-corrected chi connectivity index (χ4v) is 2.67. The molecule has 1 aromatic carbocycles. The number of carbonyl (C=O) groups excluding carboxylic acids is 2. The highest BCUT2D eigenvalue weighted by atomic mass is 16.5. The van der Waals surface area contributed by atoms with E-state index in [1.54, 1.807) is 6.92 Å². The number of anilines is 1. The molecule has 3 rings (SSSR count). The highest BCUT2D eigenvalue weighted by molar-refractivity contribution is 6.00. The van der Waals surface area contributed by atoms with Crippen molar-refractivity contribution in [2.45, 2.75) is 32.6 Å². The third-order valence-corrected chi connectivity index (χ3v) is 3.82. The van der Waals surface area contributed by atoms with E-state index in [-0.39, 0.29) is 11.9 Å². The molecule has 126 valence electrons. The molecule has 0 atom stereocenters. The Hall–Kier alpha value is -2.63. The molecule has 0 saturated heterocycles. The molecule has 1 N–H and O–H groups in total. The molecule has 24 heavy (non-hydrogen) atoms. The number of amides is 1. The van der Waals surface area contributed by atoms with E-state index in [0.29, 0.717) is 31.9 Å². The predicted molar refractivity (Wildman–Crippen MR) is 90.1 cm³/mol. The molecule has 0 radical (unpaired) electrons. The number of hydrogen-bond donors (Lipinski definition) is 1. The molecule has 2 heterocycles. The summed E-state index contributed by atoms with van der Waals surface area (Å²) in [5, 5.41) is 3.70. The van der Waals surface area contributed by atoms with Gasteiger partial charge in [-0.1, -0.05) is 0 Å². The lowest BCUT2D eigenvalue weighted by Gasteiger charge is -2.08. The van der Waals surface area contributed by atoms with Gasteiger partial charge in [0.1, 0.15) is 11.6 Å². The summed E-state index contributed by atoms with van der Waals surface area (Å²) >= 11 is 0. The molecule has 0 fully saturated rings. The van der Waals surface area contributed by atoms with Gasteiger partial charge in [0.25, 0.3) is 0 Å². The van der Waals surface area contributed by atoms with Crippen molar-refractivity contribution in [1.29, 1.82) is 0 Å². The van der Waals surface area contributed by atoms with Crippen LogP contribution in [0.2, 0.25) is 0 Å². The van der Waals surface area contributed by atoms with Crippen LogP contribution >= 0.6 is 0 Å². The van der Waals surface area contributed by atoms with Crippen LogP contribution in [0.25, 0.3) is 10.9 Å². The topological polar surface area (TPSA) is 77.5 Å². The van der Waals surface area contributed by atoms with E-state index >= 15 is 0 Å². The van der Waals surface area contributed by atoms with Crippen molar-refractivity contribution in [3.8, 4) is 5.75 Å². The maximum atomic E-state index is 11.4. The monoisotopic (exact) mass is 328 g/mol. The Bertz CT molecular complexity index is 773. The average Bonchev–Trinajstić information content (AvgIpc) is 2.91. The zero-order chi connectivity index (χ0) is 16.9. The summed E-state index contributed by atoms with van der Waals surface area (Å²) in [7, 11) is 0. The zero-order valence-corrected chi connectivity index (χ0v) is 13.6. The molecule has 1 amide bonds. The van der Waals surface area contributed by atoms with Crippen LogP contribution in [0.15, 0.2) is 24.3 Å². The molecule has 1 aliphatic heterocycles. The van der Waals surface area contributed by atoms with Crippen LogP contribution in [0.5, 0.6) is 5.75 Å². The van der Waals surface area contributed by atoms with Gasteiger partial charge >= 0.3 is 5.97 Å². The molecule has 1 aromatic heterocycles. The predicted octanol–water partition coefficient (Wildman–Crippen LogP) is 2.84. The Morgan fingerprint density at radius 3 is 3.00 bits per heavy atom. The van der Waals surface area contributed by atoms with Gasteiger partial charge in [0.05, 0.1) is 25.2 Å². The summed E-state index contributed by atoms with van der Waals surface area (Å²) in [6.07, 6.45) is 2.33. The van der Waals surface area contributed by atoms with Gasteiger partial charge in [0, 0.05) is 17.4 Å². The number of nitrogens with one attached hydrogen (secondary N) is 1. The number of rotatable bonds is 7. The summed E-state index contributed by atoms with van der Waals surface area (Å²) < 4.78 is 10.6. The van der Waals surface area contributed by atoms with Crippen LogP contribution in [0, 0.1) is 0 Å². The normalized spacial score (nSPS) is 12.8. The zero-order valence-electron chi connectivity index (χ0n) is 13.6. The fourth-order valence-electron chi connectivity index (χ4n) is 2.67. The first kappa shape index (κ1) is 16.2. The van der Waals surface area contributed by atoms with Gasteiger partial charge in [-0.05, 0) is 44.0 Å². The van der Waals surface area contributed by atoms with Crippen molar-refractivity contribution < 1.29 is 19.1 Å². The molecule has 0 saturated carbocycles. The van der Waals surface area contributed by atoms with Crippen molar-refractivity contribution in [1.82, 2.24) is 4.98 Å². The maximum absolute atomic E-state index is 11.4. The Morgan fingerprint density at radius 1 is 1.29 bits per heavy atom. The molecule has 0 bridgehead atoms. The van der Waals surface area contributed by atoms with Crippen molar-refractivity contribution in [3.63, 3.8) is 0 Å². The number of hydrogen-bond acceptors (Lipinski definition) is 5. The van der Waals surface area contributed by atoms with Crippen molar-refractivity contribution >= 4 is 28.6 Å². The van der Waals surface area contributed by atoms with Gasteiger partial charge in [-0.2, -0.15) is 0 Å². The van der Waals surface area contributed by atoms with Crippen molar-refractivity contribution in [2.75, 3.05) is 18.5 Å². The molecule has 2 aromatic rings. The van der Waals surface area contributed by atoms with E-state index in [1.165, 1.54) is 0 Å². The molecular weight excluding hydrogens is 308 g/mol. The van der Waals surface area contributed by atoms with Crippen LogP contribution in [0.4, 0.5) is 5.82 Å². The fraction of sp³-hybridized carbons (Fsp3) is 0.389. The minimum atomic E-state index is -0.161. The minimum absolute atomic E-state index is 0.0223. The highest BCUT2D eigenvalue weighted by Gasteiger charge is 2.19. The molecule has 6 nitrogen and oxygen atoms in total. The Morgan fingerprint density at radius 2 is 2.17 bits per heavy atom. The van der Waals surface area contributed by atoms with E-state index in [1.807, 2.05) is 24.3 Å². The number of nitrogens with zero attached hydrogens (tertiary/aromatic N) is 1. The highest BCUT2D eigenvalue weighted by Crippen LogP contribution is 2.27. The second-order valence-electron chi connectivity index (χ2n) is 5.69. The standard InChI is InChI=1S/C18H20N2O4/c1-2-23-17(22)5-3-4-8-24-14-6-7-15-12(10-14)9-13-11-16(21)20-18(13)19-15/h6-7,9-10H,2-5,8,11H2,1H3,(H,19,20,21). The summed E-state index contributed by atoms with van der Waals surface area (Å²) in [4.78, 5) is 27.1. The van der Waals surface area contributed by atoms with Crippen molar-refractivity contribution in [3.05, 3.63) is 29.8 Å². The van der Waals surface area contributed by atoms with Gasteiger partial charge < -0.3 is 14.8 Å². The second-order valence-corrected chi connectivity index (χ2v) is 5.69. The molecule has 1 aliphatic rings. The molecule has 0 aliphatic carbocycles. The summed E-state index contributed by atoms with van der Waals surface area (Å²) in [5.74, 6) is 1.23. The number of aromatic nitrogens is 1. The van der Waals surface area contributed by atoms with Crippen molar-refractivity contribution in [2.24, 2.45) is 0 Å². The SMILES string of the molecule is CCOC(=O)CCCCOc1ccc2nc3c(cc2c1)CC(=O)N3. The largest absolute Gasteiger partial charge is 0.494 e. The first-order chi connectivity index (χ1) is 11.7. The van der Waals surface area contributed by atoms with Crippen LogP contribution in [-0.4, -0.2) is 30.1 Å². The number of ether oxygens (including phenoxy) is 2. The molecule has 0 unspecified atom stereocenters. The molecule has 6 heteroatoms. The Labute approximate surface area is 140 Å². The third-order valence-electron chi connectivity index (χ3n) is 3.82. The van der Waals surface area contributed by atoms with E-state index in [0.717, 1.165) is 35.1 Å². The van der Waals surface area contributed by atoms with Crippen LogP contribution < -0.4 is 10.1 Å². The van der Waals surface area contributed by atoms with Gasteiger partial charge in [0.15, 0.2) is 0 Å². The number of benzene rings is 1. The summed E-state index contributed by atoms with van der Waals surface area (Å²) in [6, 6.07) is 7.65. The van der Waals surface area contributed by atoms with Gasteiger partial charge in [-0.25, -0.2) is 4.98 Å². The number of esters is 1. The van der Waals surface area contributed by atoms with Gasteiger partial charge in [-0.15, -0.1) is 0 Å². The smallest absolute Gasteiger partial charge is 0.305 e. The first-order valence-corrected chi connectivity index (χ1v) is 8.17.